The fraction of sp³-hybridized carbons (Fsp3) is 0.733. The minimum absolute atomic E-state index is 0.0834. The molecule has 4 nitrogen and oxygen atoms in total. The van der Waals surface area contributed by atoms with Crippen molar-refractivity contribution < 1.29 is 9.90 Å². The molecule has 2 atom stereocenters. The number of piperidine rings is 1. The molecule has 1 N–H and O–H groups in total. The highest BCUT2D eigenvalue weighted by atomic mass is 32.1. The fourth-order valence-electron chi connectivity index (χ4n) is 2.53. The highest BCUT2D eigenvalue weighted by Gasteiger charge is 2.30. The predicted molar refractivity (Wildman–Crippen MR) is 81.0 cm³/mol. The third kappa shape index (κ3) is 3.58. The van der Waals surface area contributed by atoms with Gasteiger partial charge < -0.3 is 5.11 Å². The van der Waals surface area contributed by atoms with Crippen LogP contribution in [-0.4, -0.2) is 33.5 Å². The van der Waals surface area contributed by atoms with Gasteiger partial charge in [-0.15, -0.1) is 11.3 Å². The van der Waals surface area contributed by atoms with Crippen molar-refractivity contribution in [2.75, 3.05) is 6.54 Å². The van der Waals surface area contributed by atoms with Crippen LogP contribution in [0.25, 0.3) is 0 Å². The molecule has 5 heteroatoms. The summed E-state index contributed by atoms with van der Waals surface area (Å²) in [6.07, 6.45) is 1.74. The molecular formula is C15H24N2O2S. The molecule has 20 heavy (non-hydrogen) atoms. The smallest absolute Gasteiger partial charge is 0.307 e. The topological polar surface area (TPSA) is 53.4 Å². The van der Waals surface area contributed by atoms with E-state index in [0.717, 1.165) is 30.1 Å². The predicted octanol–water partition coefficient (Wildman–Crippen LogP) is 3.13. The van der Waals surface area contributed by atoms with Gasteiger partial charge in [0.2, 0.25) is 0 Å². The van der Waals surface area contributed by atoms with Crippen LogP contribution in [0.4, 0.5) is 0 Å². The van der Waals surface area contributed by atoms with Crippen molar-refractivity contribution in [3.8, 4) is 0 Å². The highest BCUT2D eigenvalue weighted by molar-refractivity contribution is 7.09. The number of thiazole rings is 1. The summed E-state index contributed by atoms with van der Waals surface area (Å²) in [5, 5.41) is 12.4. The summed E-state index contributed by atoms with van der Waals surface area (Å²) in [5.74, 6) is -0.900. The lowest BCUT2D eigenvalue weighted by molar-refractivity contribution is -0.144. The Morgan fingerprint density at radius 1 is 1.50 bits per heavy atom. The van der Waals surface area contributed by atoms with Crippen LogP contribution in [0.1, 0.15) is 51.2 Å². The lowest BCUT2D eigenvalue weighted by Crippen LogP contribution is -2.43. The molecule has 0 bridgehead atoms. The number of aromatic nitrogens is 1. The number of carboxylic acid groups (broad SMARTS) is 1. The van der Waals surface area contributed by atoms with Crippen LogP contribution in [0.5, 0.6) is 0 Å². The zero-order valence-electron chi connectivity index (χ0n) is 12.7. The fourth-order valence-corrected chi connectivity index (χ4v) is 3.43. The molecule has 0 aromatic carbocycles. The molecule has 2 heterocycles. The minimum Gasteiger partial charge on any atom is -0.481 e. The SMILES string of the molecule is CC1CCC(C(=O)O)CN1Cc1csc(C(C)(C)C)n1. The van der Waals surface area contributed by atoms with Crippen molar-refractivity contribution in [1.29, 1.82) is 0 Å². The number of hydrogen-bond donors (Lipinski definition) is 1. The number of nitrogens with zero attached hydrogens (tertiary/aromatic N) is 2. The largest absolute Gasteiger partial charge is 0.481 e. The van der Waals surface area contributed by atoms with E-state index in [1.165, 1.54) is 0 Å². The minimum atomic E-state index is -0.671. The summed E-state index contributed by atoms with van der Waals surface area (Å²) in [4.78, 5) is 18.1. The van der Waals surface area contributed by atoms with E-state index in [2.05, 4.69) is 38.0 Å². The Hall–Kier alpha value is -0.940. The van der Waals surface area contributed by atoms with Crippen molar-refractivity contribution >= 4 is 17.3 Å². The molecule has 0 saturated carbocycles. The van der Waals surface area contributed by atoms with Gasteiger partial charge in [0.1, 0.15) is 0 Å². The Bertz CT molecular complexity index is 478. The van der Waals surface area contributed by atoms with Crippen molar-refractivity contribution in [2.45, 2.75) is 58.5 Å². The Morgan fingerprint density at radius 3 is 2.75 bits per heavy atom. The number of rotatable bonds is 3. The first-order chi connectivity index (χ1) is 9.27. The third-order valence-electron chi connectivity index (χ3n) is 3.92. The van der Waals surface area contributed by atoms with Crippen LogP contribution >= 0.6 is 11.3 Å². The highest BCUT2D eigenvalue weighted by Crippen LogP contribution is 2.28. The number of likely N-dealkylation sites (tertiary alicyclic amines) is 1. The van der Waals surface area contributed by atoms with Crippen molar-refractivity contribution in [3.05, 3.63) is 16.1 Å². The Labute approximate surface area is 124 Å². The van der Waals surface area contributed by atoms with Crippen LogP contribution in [0, 0.1) is 5.92 Å². The van der Waals surface area contributed by atoms with E-state index in [1.807, 2.05) is 0 Å². The third-order valence-corrected chi connectivity index (χ3v) is 5.24. The second kappa shape index (κ2) is 5.82. The van der Waals surface area contributed by atoms with Gasteiger partial charge in [-0.05, 0) is 19.8 Å². The normalized spacial score (nSPS) is 24.8. The van der Waals surface area contributed by atoms with Gasteiger partial charge >= 0.3 is 5.97 Å². The molecule has 1 aliphatic heterocycles. The summed E-state index contributed by atoms with van der Waals surface area (Å²) in [6, 6.07) is 0.436. The lowest BCUT2D eigenvalue weighted by Gasteiger charge is -2.35. The molecule has 0 amide bonds. The lowest BCUT2D eigenvalue weighted by atomic mass is 9.93. The van der Waals surface area contributed by atoms with Crippen LogP contribution in [0.15, 0.2) is 5.38 Å². The monoisotopic (exact) mass is 296 g/mol. The first kappa shape index (κ1) is 15.4. The van der Waals surface area contributed by atoms with Gasteiger partial charge in [0.05, 0.1) is 16.6 Å². The standard InChI is InChI=1S/C15H24N2O2S/c1-10-5-6-11(13(18)19)7-17(10)8-12-9-20-14(16-12)15(2,3)4/h9-11H,5-8H2,1-4H3,(H,18,19). The van der Waals surface area contributed by atoms with Crippen LogP contribution in [0.2, 0.25) is 0 Å². The molecule has 1 aromatic rings. The number of hydrogen-bond acceptors (Lipinski definition) is 4. The quantitative estimate of drug-likeness (QED) is 0.931. The summed E-state index contributed by atoms with van der Waals surface area (Å²) in [5.41, 5.74) is 1.15. The molecule has 0 aliphatic carbocycles. The zero-order valence-corrected chi connectivity index (χ0v) is 13.5. The van der Waals surface area contributed by atoms with Crippen LogP contribution in [-0.2, 0) is 16.8 Å². The van der Waals surface area contributed by atoms with E-state index >= 15 is 0 Å². The van der Waals surface area contributed by atoms with Gasteiger partial charge in [0.15, 0.2) is 0 Å². The van der Waals surface area contributed by atoms with Gasteiger partial charge in [-0.3, -0.25) is 9.69 Å². The first-order valence-corrected chi connectivity index (χ1v) is 8.07. The van der Waals surface area contributed by atoms with Crippen molar-refractivity contribution in [1.82, 2.24) is 9.88 Å². The molecule has 1 aliphatic rings. The molecule has 112 valence electrons. The molecule has 1 fully saturated rings. The Balaban J connectivity index is 2.04. The summed E-state index contributed by atoms with van der Waals surface area (Å²) in [6.45, 7) is 10.1. The van der Waals surface area contributed by atoms with Gasteiger partial charge in [-0.2, -0.15) is 0 Å². The summed E-state index contributed by atoms with van der Waals surface area (Å²) < 4.78 is 0. The van der Waals surface area contributed by atoms with E-state index in [0.29, 0.717) is 12.6 Å². The van der Waals surface area contributed by atoms with E-state index in [4.69, 9.17) is 4.98 Å². The Morgan fingerprint density at radius 2 is 2.20 bits per heavy atom. The average Bonchev–Trinajstić information content (AvgIpc) is 2.80. The van der Waals surface area contributed by atoms with Gasteiger partial charge in [-0.1, -0.05) is 20.8 Å². The van der Waals surface area contributed by atoms with E-state index in [1.54, 1.807) is 11.3 Å². The van der Waals surface area contributed by atoms with Gasteiger partial charge in [0.25, 0.3) is 0 Å². The molecular weight excluding hydrogens is 272 g/mol. The van der Waals surface area contributed by atoms with Crippen LogP contribution in [0.3, 0.4) is 0 Å². The molecule has 1 aromatic heterocycles. The van der Waals surface area contributed by atoms with E-state index in [9.17, 15) is 9.90 Å². The molecule has 2 rings (SSSR count). The summed E-state index contributed by atoms with van der Waals surface area (Å²) in [7, 11) is 0. The number of aliphatic carboxylic acids is 1. The zero-order chi connectivity index (χ0) is 14.9. The molecule has 1 saturated heterocycles. The Kier molecular flexibility index (Phi) is 4.49. The maximum atomic E-state index is 11.2. The van der Waals surface area contributed by atoms with Gasteiger partial charge in [-0.25, -0.2) is 4.98 Å². The number of carbonyl (C=O) groups is 1. The maximum Gasteiger partial charge on any atom is 0.307 e. The van der Waals surface area contributed by atoms with E-state index < -0.39 is 5.97 Å². The summed E-state index contributed by atoms with van der Waals surface area (Å²) >= 11 is 1.70. The molecule has 0 spiro atoms. The van der Waals surface area contributed by atoms with Gasteiger partial charge in [0, 0.05) is 29.9 Å². The second-order valence-corrected chi connectivity index (χ2v) is 7.64. The second-order valence-electron chi connectivity index (χ2n) is 6.78. The molecule has 0 radical (unpaired) electrons. The first-order valence-electron chi connectivity index (χ1n) is 7.19. The average molecular weight is 296 g/mol. The number of carboxylic acids is 1. The maximum absolute atomic E-state index is 11.2. The van der Waals surface area contributed by atoms with E-state index in [-0.39, 0.29) is 11.3 Å². The van der Waals surface area contributed by atoms with Crippen LogP contribution < -0.4 is 0 Å². The van der Waals surface area contributed by atoms with Crippen molar-refractivity contribution in [2.24, 2.45) is 5.92 Å². The van der Waals surface area contributed by atoms with Crippen molar-refractivity contribution in [3.63, 3.8) is 0 Å². The molecule has 2 unspecified atom stereocenters.